The van der Waals surface area contributed by atoms with Gasteiger partial charge in [-0.1, -0.05) is 13.3 Å². The minimum Gasteiger partial charge on any atom is -0.497 e. The predicted molar refractivity (Wildman–Crippen MR) is 79.8 cm³/mol. The van der Waals surface area contributed by atoms with Crippen LogP contribution in [0.1, 0.15) is 19.8 Å². The molecule has 0 bridgehead atoms. The van der Waals surface area contributed by atoms with Gasteiger partial charge in [0, 0.05) is 19.2 Å². The van der Waals surface area contributed by atoms with Crippen molar-refractivity contribution in [1.29, 1.82) is 0 Å². The van der Waals surface area contributed by atoms with Gasteiger partial charge in [-0.3, -0.25) is 0 Å². The van der Waals surface area contributed by atoms with Crippen LogP contribution in [0.2, 0.25) is 0 Å². The molecule has 0 aliphatic carbocycles. The molecule has 5 heteroatoms. The van der Waals surface area contributed by atoms with E-state index in [1.807, 2.05) is 18.2 Å². The molecular weight excluding hydrogens is 258 g/mol. The Morgan fingerprint density at radius 2 is 2.05 bits per heavy atom. The van der Waals surface area contributed by atoms with Crippen molar-refractivity contribution in [3.8, 4) is 11.5 Å². The monoisotopic (exact) mass is 283 g/mol. The Bertz CT molecular complexity index is 384. The number of hydrogen-bond acceptors (Lipinski definition) is 5. The van der Waals surface area contributed by atoms with Crippen molar-refractivity contribution in [2.24, 2.45) is 0 Å². The number of nitrogens with one attached hydrogen (secondary N) is 1. The van der Waals surface area contributed by atoms with Crippen molar-refractivity contribution in [1.82, 2.24) is 0 Å². The fourth-order valence-electron chi connectivity index (χ4n) is 1.70. The highest BCUT2D eigenvalue weighted by molar-refractivity contribution is 5.59. The smallest absolute Gasteiger partial charge is 0.142 e. The first-order valence-electron chi connectivity index (χ1n) is 6.93. The molecule has 1 aromatic carbocycles. The van der Waals surface area contributed by atoms with E-state index in [1.54, 1.807) is 14.2 Å². The maximum absolute atomic E-state index is 9.84. The molecule has 5 nitrogen and oxygen atoms in total. The molecule has 0 aromatic heterocycles. The zero-order valence-corrected chi connectivity index (χ0v) is 12.5. The Morgan fingerprint density at radius 3 is 2.70 bits per heavy atom. The molecule has 0 radical (unpaired) electrons. The lowest BCUT2D eigenvalue weighted by Crippen LogP contribution is -2.25. The Labute approximate surface area is 120 Å². The Morgan fingerprint density at radius 1 is 1.25 bits per heavy atom. The first-order chi connectivity index (χ1) is 9.71. The zero-order valence-electron chi connectivity index (χ0n) is 12.5. The topological polar surface area (TPSA) is 60.0 Å². The van der Waals surface area contributed by atoms with Gasteiger partial charge < -0.3 is 24.6 Å². The molecule has 0 saturated heterocycles. The largest absolute Gasteiger partial charge is 0.497 e. The average Bonchev–Trinajstić information content (AvgIpc) is 2.49. The summed E-state index contributed by atoms with van der Waals surface area (Å²) >= 11 is 0. The van der Waals surface area contributed by atoms with Crippen molar-refractivity contribution in [2.75, 3.05) is 39.3 Å². The van der Waals surface area contributed by atoms with Gasteiger partial charge >= 0.3 is 0 Å². The molecule has 114 valence electrons. The molecule has 0 fully saturated rings. The molecule has 0 aliphatic heterocycles. The molecule has 1 atom stereocenters. The molecule has 0 aliphatic rings. The summed E-state index contributed by atoms with van der Waals surface area (Å²) in [6, 6.07) is 5.49. The second-order valence-electron chi connectivity index (χ2n) is 4.53. The number of methoxy groups -OCH3 is 2. The summed E-state index contributed by atoms with van der Waals surface area (Å²) in [5.41, 5.74) is 0.791. The number of hydrogen-bond donors (Lipinski definition) is 2. The van der Waals surface area contributed by atoms with Gasteiger partial charge in [-0.25, -0.2) is 0 Å². The highest BCUT2D eigenvalue weighted by Crippen LogP contribution is 2.28. The number of aliphatic hydroxyl groups is 1. The van der Waals surface area contributed by atoms with E-state index in [-0.39, 0.29) is 0 Å². The molecule has 0 heterocycles. The quantitative estimate of drug-likeness (QED) is 0.645. The van der Waals surface area contributed by atoms with Gasteiger partial charge in [-0.15, -0.1) is 0 Å². The number of ether oxygens (including phenoxy) is 3. The summed E-state index contributed by atoms with van der Waals surface area (Å²) < 4.78 is 15.8. The average molecular weight is 283 g/mol. The van der Waals surface area contributed by atoms with Gasteiger partial charge in [0.1, 0.15) is 11.5 Å². The van der Waals surface area contributed by atoms with Gasteiger partial charge in [0.05, 0.1) is 32.6 Å². The number of rotatable bonds is 10. The van der Waals surface area contributed by atoms with Crippen molar-refractivity contribution in [3.05, 3.63) is 18.2 Å². The van der Waals surface area contributed by atoms with Crippen LogP contribution >= 0.6 is 0 Å². The summed E-state index contributed by atoms with van der Waals surface area (Å²) in [4.78, 5) is 0. The third-order valence-corrected chi connectivity index (χ3v) is 2.89. The lowest BCUT2D eigenvalue weighted by atomic mass is 10.2. The summed E-state index contributed by atoms with van der Waals surface area (Å²) in [6.07, 6.45) is 1.56. The van der Waals surface area contributed by atoms with E-state index in [2.05, 4.69) is 12.2 Å². The third-order valence-electron chi connectivity index (χ3n) is 2.89. The maximum atomic E-state index is 9.84. The molecule has 20 heavy (non-hydrogen) atoms. The van der Waals surface area contributed by atoms with Crippen molar-refractivity contribution < 1.29 is 19.3 Å². The van der Waals surface area contributed by atoms with E-state index in [9.17, 15) is 5.11 Å². The second kappa shape index (κ2) is 9.44. The van der Waals surface area contributed by atoms with Crippen LogP contribution in [-0.2, 0) is 4.74 Å². The highest BCUT2D eigenvalue weighted by Gasteiger charge is 2.08. The lowest BCUT2D eigenvalue weighted by Gasteiger charge is -2.16. The van der Waals surface area contributed by atoms with E-state index < -0.39 is 6.10 Å². The fourth-order valence-corrected chi connectivity index (χ4v) is 1.70. The number of unbranched alkanes of at least 4 members (excludes halogenated alkanes) is 1. The van der Waals surface area contributed by atoms with Crippen LogP contribution in [0.3, 0.4) is 0 Å². The molecule has 0 saturated carbocycles. The lowest BCUT2D eigenvalue weighted by molar-refractivity contribution is 0.0421. The SMILES string of the molecule is CCCCOCC(O)CNc1cc(OC)ccc1OC. The Hall–Kier alpha value is -1.46. The third kappa shape index (κ3) is 5.67. The standard InChI is InChI=1S/C15H25NO4/c1-4-5-8-20-11-12(17)10-16-14-9-13(18-2)6-7-15(14)19-3/h6-7,9,12,16-17H,4-5,8,10-11H2,1-3H3. The van der Waals surface area contributed by atoms with Crippen LogP contribution in [0.15, 0.2) is 18.2 Å². The number of aliphatic hydroxyl groups excluding tert-OH is 1. The van der Waals surface area contributed by atoms with E-state index in [0.29, 0.717) is 25.5 Å². The van der Waals surface area contributed by atoms with Gasteiger partial charge in [-0.2, -0.15) is 0 Å². The predicted octanol–water partition coefficient (Wildman–Crippen LogP) is 2.29. The fraction of sp³-hybridized carbons (Fsp3) is 0.600. The molecule has 2 N–H and O–H groups in total. The molecule has 1 unspecified atom stereocenters. The summed E-state index contributed by atoms with van der Waals surface area (Å²) in [5.74, 6) is 1.45. The molecule has 0 amide bonds. The van der Waals surface area contributed by atoms with E-state index in [1.165, 1.54) is 0 Å². The normalized spacial score (nSPS) is 12.0. The maximum Gasteiger partial charge on any atom is 0.142 e. The van der Waals surface area contributed by atoms with Gasteiger partial charge in [0.25, 0.3) is 0 Å². The first-order valence-corrected chi connectivity index (χ1v) is 6.93. The van der Waals surface area contributed by atoms with Crippen molar-refractivity contribution >= 4 is 5.69 Å². The minimum absolute atomic E-state index is 0.333. The van der Waals surface area contributed by atoms with Gasteiger partial charge in [0.2, 0.25) is 0 Å². The van der Waals surface area contributed by atoms with E-state index >= 15 is 0 Å². The first kappa shape index (κ1) is 16.6. The molecule has 1 aromatic rings. The molecule has 1 rings (SSSR count). The van der Waals surface area contributed by atoms with Gasteiger partial charge in [0.15, 0.2) is 0 Å². The van der Waals surface area contributed by atoms with Crippen LogP contribution in [-0.4, -0.2) is 45.2 Å². The second-order valence-corrected chi connectivity index (χ2v) is 4.53. The zero-order chi connectivity index (χ0) is 14.8. The van der Waals surface area contributed by atoms with E-state index in [0.717, 1.165) is 24.3 Å². The number of anilines is 1. The van der Waals surface area contributed by atoms with Crippen LogP contribution in [0.25, 0.3) is 0 Å². The molecule has 0 spiro atoms. The van der Waals surface area contributed by atoms with Gasteiger partial charge in [-0.05, 0) is 18.6 Å². The van der Waals surface area contributed by atoms with Crippen molar-refractivity contribution in [3.63, 3.8) is 0 Å². The summed E-state index contributed by atoms with van der Waals surface area (Å²) in [6.45, 7) is 3.53. The number of benzene rings is 1. The van der Waals surface area contributed by atoms with Crippen molar-refractivity contribution in [2.45, 2.75) is 25.9 Å². The van der Waals surface area contributed by atoms with Crippen LogP contribution in [0.4, 0.5) is 5.69 Å². The van der Waals surface area contributed by atoms with Crippen LogP contribution < -0.4 is 14.8 Å². The Kier molecular flexibility index (Phi) is 7.84. The molecular formula is C15H25NO4. The minimum atomic E-state index is -0.553. The highest BCUT2D eigenvalue weighted by atomic mass is 16.5. The van der Waals surface area contributed by atoms with E-state index in [4.69, 9.17) is 14.2 Å². The Balaban J connectivity index is 2.43. The van der Waals surface area contributed by atoms with Crippen LogP contribution in [0.5, 0.6) is 11.5 Å². The van der Waals surface area contributed by atoms with Crippen LogP contribution in [0, 0.1) is 0 Å². The summed E-state index contributed by atoms with van der Waals surface area (Å²) in [7, 11) is 3.22. The summed E-state index contributed by atoms with van der Waals surface area (Å²) in [5, 5.41) is 13.0.